The Hall–Kier alpha value is -1.52. The van der Waals surface area contributed by atoms with Crippen molar-refractivity contribution in [1.29, 1.82) is 0 Å². The summed E-state index contributed by atoms with van der Waals surface area (Å²) in [5.74, 6) is -1.00. The van der Waals surface area contributed by atoms with Gasteiger partial charge in [-0.3, -0.25) is 0 Å². The Bertz CT molecular complexity index is 653. The van der Waals surface area contributed by atoms with Gasteiger partial charge < -0.3 is 10.4 Å². The maximum atomic E-state index is 11.1. The number of nitrogens with one attached hydrogen (secondary N) is 1. The Kier molecular flexibility index (Phi) is 3.68. The van der Waals surface area contributed by atoms with Crippen molar-refractivity contribution >= 4 is 34.6 Å². The van der Waals surface area contributed by atoms with Gasteiger partial charge in [0.2, 0.25) is 0 Å². The number of aromatic carboxylic acids is 1. The fraction of sp³-hybridized carbons (Fsp3) is 0.267. The highest BCUT2D eigenvalue weighted by Crippen LogP contribution is 2.36. The number of hydrogen-bond donors (Lipinski definition) is 2. The number of aryl methyl sites for hydroxylation is 1. The van der Waals surface area contributed by atoms with E-state index in [0.29, 0.717) is 0 Å². The first-order valence-electron chi connectivity index (χ1n) is 6.51. The van der Waals surface area contributed by atoms with Crippen molar-refractivity contribution in [3.63, 3.8) is 0 Å². The summed E-state index contributed by atoms with van der Waals surface area (Å²) in [7, 11) is 0. The first-order chi connectivity index (χ1) is 9.65. The van der Waals surface area contributed by atoms with Gasteiger partial charge in [-0.1, -0.05) is 11.6 Å². The number of hydrogen-bond acceptors (Lipinski definition) is 3. The molecule has 1 heterocycles. The molecular weight excluding hydrogens is 294 g/mol. The number of anilines is 1. The van der Waals surface area contributed by atoms with Crippen molar-refractivity contribution in [2.45, 2.75) is 25.3 Å². The molecule has 1 unspecified atom stereocenters. The van der Waals surface area contributed by atoms with Crippen LogP contribution in [0.25, 0.3) is 0 Å². The number of rotatable bonds is 3. The summed E-state index contributed by atoms with van der Waals surface area (Å²) in [6.07, 6.45) is 3.37. The number of carboxylic acid groups (broad SMARTS) is 1. The van der Waals surface area contributed by atoms with Crippen LogP contribution in [-0.2, 0) is 6.42 Å². The largest absolute Gasteiger partial charge is 0.478 e. The number of fused-ring (bicyclic) bond motifs is 1. The van der Waals surface area contributed by atoms with Crippen LogP contribution in [0, 0.1) is 0 Å². The zero-order valence-corrected chi connectivity index (χ0v) is 12.3. The first-order valence-corrected chi connectivity index (χ1v) is 7.76. The monoisotopic (exact) mass is 307 g/mol. The van der Waals surface area contributed by atoms with E-state index in [9.17, 15) is 4.79 Å². The summed E-state index contributed by atoms with van der Waals surface area (Å²) < 4.78 is 0. The van der Waals surface area contributed by atoms with E-state index in [1.54, 1.807) is 23.5 Å². The third-order valence-electron chi connectivity index (χ3n) is 3.59. The highest BCUT2D eigenvalue weighted by molar-refractivity contribution is 7.10. The van der Waals surface area contributed by atoms with Crippen LogP contribution in [0.5, 0.6) is 0 Å². The lowest BCUT2D eigenvalue weighted by atomic mass is 9.94. The third-order valence-corrected chi connectivity index (χ3v) is 4.92. The summed E-state index contributed by atoms with van der Waals surface area (Å²) in [4.78, 5) is 12.5. The van der Waals surface area contributed by atoms with Crippen LogP contribution in [0.1, 0.15) is 39.7 Å². The predicted molar refractivity (Wildman–Crippen MR) is 82.0 cm³/mol. The summed E-state index contributed by atoms with van der Waals surface area (Å²) in [5, 5.41) is 14.9. The molecule has 1 atom stereocenters. The van der Waals surface area contributed by atoms with Gasteiger partial charge in [0.05, 0.1) is 16.6 Å². The lowest BCUT2D eigenvalue weighted by molar-refractivity contribution is 0.0697. The van der Waals surface area contributed by atoms with Crippen molar-refractivity contribution in [2.75, 3.05) is 5.32 Å². The Balaban J connectivity index is 1.86. The van der Waals surface area contributed by atoms with E-state index >= 15 is 0 Å². The van der Waals surface area contributed by atoms with Crippen LogP contribution in [0.4, 0.5) is 5.69 Å². The van der Waals surface area contributed by atoms with Gasteiger partial charge in [-0.25, -0.2) is 4.79 Å². The molecule has 0 saturated carbocycles. The molecule has 0 saturated heterocycles. The Morgan fingerprint density at radius 3 is 3.05 bits per heavy atom. The van der Waals surface area contributed by atoms with Gasteiger partial charge in [0.25, 0.3) is 0 Å². The minimum absolute atomic E-state index is 0.137. The molecule has 20 heavy (non-hydrogen) atoms. The van der Waals surface area contributed by atoms with Gasteiger partial charge in [0.15, 0.2) is 0 Å². The Morgan fingerprint density at radius 2 is 2.25 bits per heavy atom. The second-order valence-corrected chi connectivity index (χ2v) is 6.30. The number of benzene rings is 1. The van der Waals surface area contributed by atoms with Gasteiger partial charge in [0, 0.05) is 10.6 Å². The molecule has 2 aromatic rings. The predicted octanol–water partition coefficient (Wildman–Crippen LogP) is 4.59. The summed E-state index contributed by atoms with van der Waals surface area (Å²) in [5.41, 5.74) is 2.28. The molecule has 0 amide bonds. The van der Waals surface area contributed by atoms with E-state index in [4.69, 9.17) is 16.7 Å². The van der Waals surface area contributed by atoms with Crippen LogP contribution in [0.2, 0.25) is 5.02 Å². The smallest absolute Gasteiger partial charge is 0.337 e. The molecule has 0 aliphatic heterocycles. The van der Waals surface area contributed by atoms with Crippen molar-refractivity contribution in [1.82, 2.24) is 0 Å². The summed E-state index contributed by atoms with van der Waals surface area (Å²) in [6.45, 7) is 0. The van der Waals surface area contributed by atoms with Gasteiger partial charge >= 0.3 is 5.97 Å². The minimum atomic E-state index is -1.00. The zero-order chi connectivity index (χ0) is 14.1. The summed E-state index contributed by atoms with van der Waals surface area (Å²) >= 11 is 7.69. The van der Waals surface area contributed by atoms with Crippen molar-refractivity contribution < 1.29 is 9.90 Å². The number of thiophene rings is 1. The standard InChI is InChI=1S/C15H14ClNO2S/c16-12-5-4-9(8-11(12)15(18)19)17-13-2-1-3-14-10(13)6-7-20-14/h4-8,13,17H,1-3H2,(H,18,19). The lowest BCUT2D eigenvalue weighted by Crippen LogP contribution is -2.15. The number of carbonyl (C=O) groups is 1. The molecular formula is C15H14ClNO2S. The number of carboxylic acids is 1. The van der Waals surface area contributed by atoms with Crippen LogP contribution >= 0.6 is 22.9 Å². The molecule has 1 aromatic heterocycles. The molecule has 0 fully saturated rings. The van der Waals surface area contributed by atoms with E-state index < -0.39 is 5.97 Å². The fourth-order valence-electron chi connectivity index (χ4n) is 2.62. The molecule has 0 radical (unpaired) electrons. The molecule has 3 nitrogen and oxygen atoms in total. The lowest BCUT2D eigenvalue weighted by Gasteiger charge is -2.25. The van der Waals surface area contributed by atoms with Crippen molar-refractivity contribution in [3.8, 4) is 0 Å². The normalized spacial score (nSPS) is 17.6. The van der Waals surface area contributed by atoms with Crippen molar-refractivity contribution in [2.24, 2.45) is 0 Å². The van der Waals surface area contributed by atoms with Crippen molar-refractivity contribution in [3.05, 3.63) is 50.7 Å². The maximum Gasteiger partial charge on any atom is 0.337 e. The molecule has 0 spiro atoms. The maximum absolute atomic E-state index is 11.1. The highest BCUT2D eigenvalue weighted by Gasteiger charge is 2.21. The van der Waals surface area contributed by atoms with Gasteiger partial charge in [-0.05, 0) is 54.5 Å². The molecule has 5 heteroatoms. The van der Waals surface area contributed by atoms with Crippen LogP contribution < -0.4 is 5.32 Å². The second-order valence-electron chi connectivity index (χ2n) is 4.89. The van der Waals surface area contributed by atoms with Crippen LogP contribution in [0.3, 0.4) is 0 Å². The molecule has 1 aliphatic carbocycles. The van der Waals surface area contributed by atoms with Gasteiger partial charge in [-0.15, -0.1) is 11.3 Å². The average Bonchev–Trinajstić information content (AvgIpc) is 2.90. The van der Waals surface area contributed by atoms with Gasteiger partial charge in [-0.2, -0.15) is 0 Å². The van der Waals surface area contributed by atoms with Crippen LogP contribution in [-0.4, -0.2) is 11.1 Å². The Labute approximate surface area is 126 Å². The second kappa shape index (κ2) is 5.46. The molecule has 3 rings (SSSR count). The highest BCUT2D eigenvalue weighted by atomic mass is 35.5. The van der Waals surface area contributed by atoms with Gasteiger partial charge in [0.1, 0.15) is 0 Å². The fourth-order valence-corrected chi connectivity index (χ4v) is 3.80. The van der Waals surface area contributed by atoms with E-state index in [1.807, 2.05) is 6.07 Å². The van der Waals surface area contributed by atoms with E-state index in [-0.39, 0.29) is 16.6 Å². The molecule has 2 N–H and O–H groups in total. The molecule has 1 aromatic carbocycles. The molecule has 0 bridgehead atoms. The molecule has 104 valence electrons. The van der Waals surface area contributed by atoms with Crippen LogP contribution in [0.15, 0.2) is 29.6 Å². The quantitative estimate of drug-likeness (QED) is 0.872. The van der Waals surface area contributed by atoms with E-state index in [1.165, 1.54) is 10.4 Å². The first kappa shape index (κ1) is 13.5. The van der Waals surface area contributed by atoms with E-state index in [2.05, 4.69) is 16.8 Å². The van der Waals surface area contributed by atoms with E-state index in [0.717, 1.165) is 24.9 Å². The SMILES string of the molecule is O=C(O)c1cc(NC2CCCc3sccc32)ccc1Cl. The number of halogens is 1. The Morgan fingerprint density at radius 1 is 1.40 bits per heavy atom. The minimum Gasteiger partial charge on any atom is -0.478 e. The topological polar surface area (TPSA) is 49.3 Å². The summed E-state index contributed by atoms with van der Waals surface area (Å²) in [6, 6.07) is 7.48. The average molecular weight is 308 g/mol. The molecule has 1 aliphatic rings. The third kappa shape index (κ3) is 2.53. The zero-order valence-electron chi connectivity index (χ0n) is 10.7.